The minimum Gasteiger partial charge on any atom is -1.00 e. The summed E-state index contributed by atoms with van der Waals surface area (Å²) in [5, 5.41) is 10.7. The Balaban J connectivity index is 0.000000902. The van der Waals surface area contributed by atoms with Crippen molar-refractivity contribution in [2.24, 2.45) is 0 Å². The Morgan fingerprint density at radius 2 is 1.61 bits per heavy atom. The fraction of sp³-hybridized carbons (Fsp3) is 0. The van der Waals surface area contributed by atoms with Crippen LogP contribution in [0.3, 0.4) is 0 Å². The van der Waals surface area contributed by atoms with Crippen molar-refractivity contribution < 1.29 is 36.1 Å². The molecule has 2 aromatic carbocycles. The molecule has 0 amide bonds. The van der Waals surface area contributed by atoms with E-state index in [9.17, 15) is 5.11 Å². The molecule has 0 aliphatic carbocycles. The molecule has 0 fully saturated rings. The van der Waals surface area contributed by atoms with Gasteiger partial charge in [0.15, 0.2) is 0 Å². The molecule has 84 valence electrons. The molecule has 1 heterocycles. The second-order valence-corrected chi connectivity index (χ2v) is 3.91. The molecule has 0 bridgehead atoms. The van der Waals surface area contributed by atoms with Gasteiger partial charge in [0.1, 0.15) is 11.3 Å². The number of nitrogens with zero attached hydrogens (tertiary/aromatic N) is 1. The molecular formula is C15H12NNaO. The van der Waals surface area contributed by atoms with E-state index in [0.717, 1.165) is 16.6 Å². The summed E-state index contributed by atoms with van der Waals surface area (Å²) in [6.45, 7) is 0. The van der Waals surface area contributed by atoms with Crippen LogP contribution in [0.15, 0.2) is 60.7 Å². The molecule has 18 heavy (non-hydrogen) atoms. The molecule has 3 aromatic rings. The fourth-order valence-corrected chi connectivity index (χ4v) is 1.90. The first kappa shape index (κ1) is 13.1. The normalized spacial score (nSPS) is 10.0. The number of rotatable bonds is 1. The van der Waals surface area contributed by atoms with Crippen molar-refractivity contribution in [2.45, 2.75) is 0 Å². The monoisotopic (exact) mass is 245 g/mol. The molecule has 3 rings (SSSR count). The Morgan fingerprint density at radius 1 is 0.833 bits per heavy atom. The van der Waals surface area contributed by atoms with Gasteiger partial charge in [-0.05, 0) is 12.1 Å². The predicted molar refractivity (Wildman–Crippen MR) is 70.0 cm³/mol. The van der Waals surface area contributed by atoms with Crippen molar-refractivity contribution >= 4 is 10.9 Å². The first-order valence-electron chi connectivity index (χ1n) is 5.49. The van der Waals surface area contributed by atoms with E-state index in [1.54, 1.807) is 6.07 Å². The summed E-state index contributed by atoms with van der Waals surface area (Å²) in [4.78, 5) is 4.50. The number of aromatic nitrogens is 1. The van der Waals surface area contributed by atoms with E-state index in [4.69, 9.17) is 0 Å². The van der Waals surface area contributed by atoms with Gasteiger partial charge in [0.05, 0.1) is 5.69 Å². The van der Waals surface area contributed by atoms with Crippen LogP contribution >= 0.6 is 0 Å². The minimum absolute atomic E-state index is 0. The maximum absolute atomic E-state index is 9.78. The molecule has 0 unspecified atom stereocenters. The first-order chi connectivity index (χ1) is 8.34. The van der Waals surface area contributed by atoms with Crippen LogP contribution < -0.4 is 29.6 Å². The van der Waals surface area contributed by atoms with Crippen molar-refractivity contribution in [3.8, 4) is 17.0 Å². The van der Waals surface area contributed by atoms with Gasteiger partial charge in [0.25, 0.3) is 0 Å². The number of fused-ring (bicyclic) bond motifs is 1. The van der Waals surface area contributed by atoms with Gasteiger partial charge in [-0.1, -0.05) is 48.5 Å². The minimum atomic E-state index is 0. The molecule has 3 heteroatoms. The number of phenols is 1. The van der Waals surface area contributed by atoms with Gasteiger partial charge >= 0.3 is 29.6 Å². The molecule has 0 aliphatic rings. The number of benzene rings is 2. The molecule has 0 spiro atoms. The summed E-state index contributed by atoms with van der Waals surface area (Å²) in [7, 11) is 0. The van der Waals surface area contributed by atoms with Gasteiger partial charge in [-0.15, -0.1) is 0 Å². The van der Waals surface area contributed by atoms with Crippen molar-refractivity contribution in [2.75, 3.05) is 0 Å². The average molecular weight is 245 g/mol. The van der Waals surface area contributed by atoms with Crippen molar-refractivity contribution in [3.63, 3.8) is 0 Å². The number of pyridine rings is 1. The van der Waals surface area contributed by atoms with Crippen LogP contribution in [0.25, 0.3) is 22.2 Å². The summed E-state index contributed by atoms with van der Waals surface area (Å²) < 4.78 is 0. The quantitative estimate of drug-likeness (QED) is 0.641. The molecule has 0 atom stereocenters. The van der Waals surface area contributed by atoms with Crippen molar-refractivity contribution in [1.29, 1.82) is 0 Å². The number of aromatic hydroxyl groups is 1. The Hall–Kier alpha value is -1.35. The molecule has 1 N–H and O–H groups in total. The van der Waals surface area contributed by atoms with Crippen LogP contribution in [-0.4, -0.2) is 10.1 Å². The van der Waals surface area contributed by atoms with Gasteiger partial charge in [0, 0.05) is 10.9 Å². The van der Waals surface area contributed by atoms with Crippen LogP contribution in [0.4, 0.5) is 0 Å². The third-order valence-corrected chi connectivity index (χ3v) is 2.77. The van der Waals surface area contributed by atoms with E-state index < -0.39 is 0 Å². The molecule has 0 aliphatic heterocycles. The smallest absolute Gasteiger partial charge is 1.00 e. The number of phenolic OH excluding ortho intramolecular Hbond substituents is 1. The van der Waals surface area contributed by atoms with Crippen LogP contribution in [0, 0.1) is 0 Å². The van der Waals surface area contributed by atoms with Gasteiger partial charge in [-0.3, -0.25) is 0 Å². The Bertz CT molecular complexity index is 673. The molecule has 1 aromatic heterocycles. The maximum Gasteiger partial charge on any atom is 1.00 e. The fourth-order valence-electron chi connectivity index (χ4n) is 1.90. The summed E-state index contributed by atoms with van der Waals surface area (Å²) in [6, 6.07) is 19.3. The predicted octanol–water partition coefficient (Wildman–Crippen LogP) is 0.724. The molecular weight excluding hydrogens is 233 g/mol. The van der Waals surface area contributed by atoms with Gasteiger partial charge in [-0.2, -0.15) is 0 Å². The topological polar surface area (TPSA) is 33.1 Å². The van der Waals surface area contributed by atoms with Gasteiger partial charge in [0.2, 0.25) is 0 Å². The zero-order valence-corrected chi connectivity index (χ0v) is 12.2. The summed E-state index contributed by atoms with van der Waals surface area (Å²) in [5.74, 6) is 0.222. The first-order valence-corrected chi connectivity index (χ1v) is 5.49. The third kappa shape index (κ3) is 2.41. The van der Waals surface area contributed by atoms with E-state index in [1.165, 1.54) is 0 Å². The molecule has 0 saturated carbocycles. The van der Waals surface area contributed by atoms with E-state index >= 15 is 0 Å². The summed E-state index contributed by atoms with van der Waals surface area (Å²) in [6.07, 6.45) is 0. The SMILES string of the molecule is Oc1cccc2ccc(-c3ccccc3)nc12.[H-].[Na+]. The number of hydrogen-bond donors (Lipinski definition) is 1. The van der Waals surface area contributed by atoms with Crippen LogP contribution in [0.5, 0.6) is 5.75 Å². The second-order valence-electron chi connectivity index (χ2n) is 3.91. The number of hydrogen-bond acceptors (Lipinski definition) is 2. The van der Waals surface area contributed by atoms with Gasteiger partial charge < -0.3 is 6.53 Å². The van der Waals surface area contributed by atoms with Crippen LogP contribution in [0.1, 0.15) is 1.43 Å². The largest absolute Gasteiger partial charge is 1.00 e. The van der Waals surface area contributed by atoms with E-state index in [2.05, 4.69) is 4.98 Å². The van der Waals surface area contributed by atoms with E-state index in [-0.39, 0.29) is 36.7 Å². The Morgan fingerprint density at radius 3 is 2.39 bits per heavy atom. The Kier molecular flexibility index (Phi) is 4.02. The zero-order valence-electron chi connectivity index (χ0n) is 11.2. The van der Waals surface area contributed by atoms with Gasteiger partial charge in [-0.25, -0.2) is 4.98 Å². The zero-order chi connectivity index (χ0) is 11.7. The average Bonchev–Trinajstić information content (AvgIpc) is 2.40. The maximum atomic E-state index is 9.78. The Labute approximate surface area is 129 Å². The van der Waals surface area contributed by atoms with E-state index in [1.807, 2.05) is 54.6 Å². The van der Waals surface area contributed by atoms with Crippen LogP contribution in [-0.2, 0) is 0 Å². The number of para-hydroxylation sites is 1. The summed E-state index contributed by atoms with van der Waals surface area (Å²) >= 11 is 0. The van der Waals surface area contributed by atoms with Crippen LogP contribution in [0.2, 0.25) is 0 Å². The molecule has 0 radical (unpaired) electrons. The summed E-state index contributed by atoms with van der Waals surface area (Å²) in [5.41, 5.74) is 2.58. The van der Waals surface area contributed by atoms with Crippen molar-refractivity contribution in [1.82, 2.24) is 4.98 Å². The standard InChI is InChI=1S/C15H11NO.Na.H/c17-14-8-4-7-12-9-10-13(16-15(12)14)11-5-2-1-3-6-11;;/h1-10,17H;;/q;+1;-1. The van der Waals surface area contributed by atoms with E-state index in [0.29, 0.717) is 5.52 Å². The molecule has 2 nitrogen and oxygen atoms in total. The second kappa shape index (κ2) is 5.53. The molecule has 0 saturated heterocycles. The van der Waals surface area contributed by atoms with Crippen molar-refractivity contribution in [3.05, 3.63) is 60.7 Å². The third-order valence-electron chi connectivity index (χ3n) is 2.77.